The van der Waals surface area contributed by atoms with Gasteiger partial charge in [-0.1, -0.05) is 29.8 Å². The fourth-order valence-electron chi connectivity index (χ4n) is 2.00. The lowest BCUT2D eigenvalue weighted by Crippen LogP contribution is -2.12. The molecule has 1 aromatic heterocycles. The summed E-state index contributed by atoms with van der Waals surface area (Å²) < 4.78 is 13.1. The highest BCUT2D eigenvalue weighted by Crippen LogP contribution is 2.19. The van der Waals surface area contributed by atoms with Crippen molar-refractivity contribution in [2.75, 3.05) is 5.32 Å². The van der Waals surface area contributed by atoms with E-state index in [1.165, 1.54) is 30.6 Å². The number of halogens is 2. The van der Waals surface area contributed by atoms with E-state index in [9.17, 15) is 9.18 Å². The van der Waals surface area contributed by atoms with Gasteiger partial charge >= 0.3 is 0 Å². The standard InChI is InChI=1S/C17H11ClFN3O/c18-13-5-1-3-11(7-13)16-20-9-15(10-21-16)22-17(23)12-4-2-6-14(19)8-12/h1-10H,(H,22,23). The normalized spacial score (nSPS) is 10.3. The fourth-order valence-corrected chi connectivity index (χ4v) is 2.19. The van der Waals surface area contributed by atoms with E-state index in [2.05, 4.69) is 15.3 Å². The molecule has 3 aromatic rings. The molecule has 0 spiro atoms. The third-order valence-corrected chi connectivity index (χ3v) is 3.31. The van der Waals surface area contributed by atoms with E-state index in [1.54, 1.807) is 18.2 Å². The molecule has 1 amide bonds. The van der Waals surface area contributed by atoms with Gasteiger partial charge in [0.25, 0.3) is 5.91 Å². The number of hydrogen-bond acceptors (Lipinski definition) is 3. The van der Waals surface area contributed by atoms with Crippen molar-refractivity contribution in [1.29, 1.82) is 0 Å². The van der Waals surface area contributed by atoms with E-state index in [1.807, 2.05) is 6.07 Å². The lowest BCUT2D eigenvalue weighted by atomic mass is 10.2. The highest BCUT2D eigenvalue weighted by Gasteiger charge is 2.08. The summed E-state index contributed by atoms with van der Waals surface area (Å²) in [6, 6.07) is 12.6. The molecular formula is C17H11ClFN3O. The van der Waals surface area contributed by atoms with Crippen molar-refractivity contribution in [3.63, 3.8) is 0 Å². The molecule has 3 rings (SSSR count). The smallest absolute Gasteiger partial charge is 0.255 e. The first-order valence-corrected chi connectivity index (χ1v) is 7.14. The maximum Gasteiger partial charge on any atom is 0.255 e. The van der Waals surface area contributed by atoms with Crippen molar-refractivity contribution in [3.05, 3.63) is 77.3 Å². The first-order valence-electron chi connectivity index (χ1n) is 6.77. The first kappa shape index (κ1) is 15.1. The quantitative estimate of drug-likeness (QED) is 0.784. The zero-order valence-corrected chi connectivity index (χ0v) is 12.6. The van der Waals surface area contributed by atoms with Gasteiger partial charge in [0.05, 0.1) is 18.1 Å². The molecule has 0 atom stereocenters. The van der Waals surface area contributed by atoms with Gasteiger partial charge in [-0.2, -0.15) is 0 Å². The summed E-state index contributed by atoms with van der Waals surface area (Å²) in [7, 11) is 0. The summed E-state index contributed by atoms with van der Waals surface area (Å²) in [5.74, 6) is -0.398. The Balaban J connectivity index is 1.76. The predicted molar refractivity (Wildman–Crippen MR) is 86.8 cm³/mol. The van der Waals surface area contributed by atoms with Crippen molar-refractivity contribution in [2.24, 2.45) is 0 Å². The Morgan fingerprint density at radius 2 is 1.78 bits per heavy atom. The van der Waals surface area contributed by atoms with Gasteiger partial charge in [-0.15, -0.1) is 0 Å². The summed E-state index contributed by atoms with van der Waals surface area (Å²) in [5, 5.41) is 3.21. The van der Waals surface area contributed by atoms with Crippen LogP contribution in [-0.2, 0) is 0 Å². The van der Waals surface area contributed by atoms with Gasteiger partial charge in [0.1, 0.15) is 5.82 Å². The molecule has 0 aliphatic carbocycles. The van der Waals surface area contributed by atoms with Crippen molar-refractivity contribution >= 4 is 23.2 Å². The molecule has 2 aromatic carbocycles. The highest BCUT2D eigenvalue weighted by molar-refractivity contribution is 6.30. The van der Waals surface area contributed by atoms with Gasteiger partial charge in [-0.05, 0) is 30.3 Å². The van der Waals surface area contributed by atoms with Crippen molar-refractivity contribution in [1.82, 2.24) is 9.97 Å². The average Bonchev–Trinajstić information content (AvgIpc) is 2.55. The van der Waals surface area contributed by atoms with Gasteiger partial charge in [0.2, 0.25) is 0 Å². The molecule has 1 heterocycles. The minimum Gasteiger partial charge on any atom is -0.319 e. The summed E-state index contributed by atoms with van der Waals surface area (Å²) in [4.78, 5) is 20.4. The number of rotatable bonds is 3. The number of carbonyl (C=O) groups is 1. The molecule has 0 saturated carbocycles. The molecule has 4 nitrogen and oxygen atoms in total. The molecule has 0 aliphatic rings. The molecule has 6 heteroatoms. The van der Waals surface area contributed by atoms with E-state index in [-0.39, 0.29) is 5.56 Å². The molecule has 0 bridgehead atoms. The van der Waals surface area contributed by atoms with Crippen LogP contribution in [0.2, 0.25) is 5.02 Å². The first-order chi connectivity index (χ1) is 11.1. The molecular weight excluding hydrogens is 317 g/mol. The Kier molecular flexibility index (Phi) is 4.30. The van der Waals surface area contributed by atoms with Crippen molar-refractivity contribution in [2.45, 2.75) is 0 Å². The van der Waals surface area contributed by atoms with E-state index in [4.69, 9.17) is 11.6 Å². The van der Waals surface area contributed by atoms with Crippen LogP contribution in [0.25, 0.3) is 11.4 Å². The third kappa shape index (κ3) is 3.70. The number of nitrogens with one attached hydrogen (secondary N) is 1. The largest absolute Gasteiger partial charge is 0.319 e. The Hall–Kier alpha value is -2.79. The Morgan fingerprint density at radius 3 is 2.48 bits per heavy atom. The minimum absolute atomic E-state index is 0.226. The summed E-state index contributed by atoms with van der Waals surface area (Å²) in [6.45, 7) is 0. The predicted octanol–water partition coefficient (Wildman–Crippen LogP) is 4.19. The van der Waals surface area contributed by atoms with Crippen LogP contribution in [0.5, 0.6) is 0 Å². The number of nitrogens with zero attached hydrogens (tertiary/aromatic N) is 2. The summed E-state index contributed by atoms with van der Waals surface area (Å²) in [5.41, 5.74) is 1.43. The Labute approximate surface area is 137 Å². The number of anilines is 1. The molecule has 0 fully saturated rings. The molecule has 23 heavy (non-hydrogen) atoms. The zero-order chi connectivity index (χ0) is 16.2. The maximum atomic E-state index is 13.1. The number of carbonyl (C=O) groups excluding carboxylic acids is 1. The van der Waals surface area contributed by atoms with Gasteiger partial charge < -0.3 is 5.32 Å². The second kappa shape index (κ2) is 6.54. The highest BCUT2D eigenvalue weighted by atomic mass is 35.5. The molecule has 0 aliphatic heterocycles. The fraction of sp³-hybridized carbons (Fsp3) is 0. The second-order valence-electron chi connectivity index (χ2n) is 4.77. The van der Waals surface area contributed by atoms with Gasteiger partial charge in [-0.3, -0.25) is 4.79 Å². The Bertz CT molecular complexity index is 852. The van der Waals surface area contributed by atoms with Crippen LogP contribution >= 0.6 is 11.6 Å². The van der Waals surface area contributed by atoms with E-state index in [0.717, 1.165) is 11.6 Å². The number of benzene rings is 2. The van der Waals surface area contributed by atoms with Gasteiger partial charge in [-0.25, -0.2) is 14.4 Å². The van der Waals surface area contributed by atoms with Gasteiger partial charge in [0, 0.05) is 16.1 Å². The van der Waals surface area contributed by atoms with Crippen LogP contribution in [0.15, 0.2) is 60.9 Å². The van der Waals surface area contributed by atoms with Crippen LogP contribution in [0.1, 0.15) is 10.4 Å². The van der Waals surface area contributed by atoms with Crippen molar-refractivity contribution < 1.29 is 9.18 Å². The van der Waals surface area contributed by atoms with Crippen LogP contribution in [0, 0.1) is 5.82 Å². The topological polar surface area (TPSA) is 54.9 Å². The average molecular weight is 328 g/mol. The van der Waals surface area contributed by atoms with Crippen LogP contribution in [0.3, 0.4) is 0 Å². The third-order valence-electron chi connectivity index (χ3n) is 3.08. The van der Waals surface area contributed by atoms with Crippen LogP contribution in [-0.4, -0.2) is 15.9 Å². The molecule has 0 radical (unpaired) electrons. The maximum absolute atomic E-state index is 13.1. The van der Waals surface area contributed by atoms with E-state index in [0.29, 0.717) is 16.5 Å². The van der Waals surface area contributed by atoms with Crippen LogP contribution < -0.4 is 5.32 Å². The monoisotopic (exact) mass is 327 g/mol. The molecule has 114 valence electrons. The second-order valence-corrected chi connectivity index (χ2v) is 5.21. The number of hydrogen-bond donors (Lipinski definition) is 1. The van der Waals surface area contributed by atoms with Gasteiger partial charge in [0.15, 0.2) is 5.82 Å². The molecule has 0 saturated heterocycles. The SMILES string of the molecule is O=C(Nc1cnc(-c2cccc(Cl)c2)nc1)c1cccc(F)c1. The summed E-state index contributed by atoms with van der Waals surface area (Å²) >= 11 is 5.93. The van der Waals surface area contributed by atoms with Crippen molar-refractivity contribution in [3.8, 4) is 11.4 Å². The number of aromatic nitrogens is 2. The van der Waals surface area contributed by atoms with E-state index >= 15 is 0 Å². The van der Waals surface area contributed by atoms with Crippen LogP contribution in [0.4, 0.5) is 10.1 Å². The minimum atomic E-state index is -0.467. The number of amides is 1. The van der Waals surface area contributed by atoms with E-state index < -0.39 is 11.7 Å². The lowest BCUT2D eigenvalue weighted by Gasteiger charge is -2.06. The summed E-state index contributed by atoms with van der Waals surface area (Å²) in [6.07, 6.45) is 2.97. The molecule has 1 N–H and O–H groups in total. The lowest BCUT2D eigenvalue weighted by molar-refractivity contribution is 0.102. The molecule has 0 unspecified atom stereocenters. The Morgan fingerprint density at radius 1 is 1.04 bits per heavy atom. The zero-order valence-electron chi connectivity index (χ0n) is 11.8.